The fourth-order valence-corrected chi connectivity index (χ4v) is 37.2. The van der Waals surface area contributed by atoms with Crippen LogP contribution in [0.5, 0.6) is 0 Å². The molecule has 0 rings (SSSR count). The van der Waals surface area contributed by atoms with E-state index in [0.717, 1.165) is 43.9 Å². The molecule has 0 aromatic heterocycles. The molecule has 0 saturated carbocycles. The van der Waals surface area contributed by atoms with E-state index in [-0.39, 0.29) is 104 Å². The zero-order chi connectivity index (χ0) is 53.8. The number of alkyl halides is 1. The second-order valence-corrected chi connectivity index (χ2v) is 52.2. The Bertz CT molecular complexity index is 1420. The van der Waals surface area contributed by atoms with Crippen LogP contribution in [0.1, 0.15) is 107 Å². The molecule has 1 unspecified atom stereocenters. The van der Waals surface area contributed by atoms with E-state index in [1.54, 1.807) is 13.8 Å². The molecule has 1 atom stereocenters. The van der Waals surface area contributed by atoms with Gasteiger partial charge in [0.05, 0.1) is 27.0 Å². The molecule has 0 aliphatic heterocycles. The highest BCUT2D eigenvalue weighted by molar-refractivity contribution is 6.90. The number of quaternary nitrogens is 1. The molecule has 0 fully saturated rings. The third-order valence-electron chi connectivity index (χ3n) is 7.20. The Hall–Kier alpha value is 0.118. The molecule has 25 heteroatoms. The second kappa shape index (κ2) is 56.6. The van der Waals surface area contributed by atoms with Crippen molar-refractivity contribution in [2.24, 2.45) is 5.73 Å². The van der Waals surface area contributed by atoms with E-state index in [1.807, 2.05) is 47.2 Å². The average molecular weight is 1320 g/mol. The van der Waals surface area contributed by atoms with Crippen molar-refractivity contribution in [2.75, 3.05) is 74.3 Å². The quantitative estimate of drug-likeness (QED) is 0.0188. The van der Waals surface area contributed by atoms with Crippen molar-refractivity contribution < 1.29 is 56.6 Å². The molecular formula is C52H139Cl4N5O9Si7. The Morgan fingerprint density at radius 1 is 0.545 bits per heavy atom. The zero-order valence-corrected chi connectivity index (χ0v) is 56.4. The third-order valence-corrected chi connectivity index (χ3v) is 32.5. The van der Waals surface area contributed by atoms with Crippen molar-refractivity contribution in [3.8, 4) is 0 Å². The molecule has 482 valence electrons. The van der Waals surface area contributed by atoms with E-state index in [2.05, 4.69) is 122 Å². The Morgan fingerprint density at radius 2 is 0.831 bits per heavy atom. The van der Waals surface area contributed by atoms with Crippen LogP contribution in [0.3, 0.4) is 0 Å². The van der Waals surface area contributed by atoms with Crippen LogP contribution in [0.15, 0.2) is 24.3 Å². The molecule has 0 aromatic carbocycles. The summed E-state index contributed by atoms with van der Waals surface area (Å²) >= 11 is 14.4. The first-order valence-electron chi connectivity index (χ1n) is 22.6. The summed E-state index contributed by atoms with van der Waals surface area (Å²) in [4.78, 5) is 45.1. The van der Waals surface area contributed by atoms with Crippen LogP contribution in [0.25, 0.3) is 0 Å². The van der Waals surface area contributed by atoms with Gasteiger partial charge in [-0.1, -0.05) is 87.4 Å². The molecule has 0 aliphatic rings. The Balaban J connectivity index is -0.0000000533. The lowest BCUT2D eigenvalue weighted by Gasteiger charge is -2.42. The van der Waals surface area contributed by atoms with Gasteiger partial charge in [0.25, 0.3) is 5.91 Å². The molecule has 0 bridgehead atoms. The van der Waals surface area contributed by atoms with Gasteiger partial charge in [0.15, 0.2) is 39.8 Å². The molecule has 0 radical (unpaired) electrons. The van der Waals surface area contributed by atoms with Crippen molar-refractivity contribution >= 4 is 116 Å². The van der Waals surface area contributed by atoms with Crippen LogP contribution in [0.4, 0.5) is 0 Å². The first-order chi connectivity index (χ1) is 29.2. The van der Waals surface area contributed by atoms with Gasteiger partial charge in [0.1, 0.15) is 0 Å². The SMILES string of the molecule is C.C.C.C.C.C.C.C.C.C.C=C(C)C(=O)Cl.C=C(C)C(=O)NCCC[Si](C)(O[Si](C)(C)C)O[Si](C)(C)O[Si](C)(C)CCCNC(=O)C[N+](C)(C)C.CN(C)C.C[Si](C)(C)O[Si](C)(CCCN)O[Si](C)(C)C.O=C(Cl)CCl.[Cl-]. The van der Waals surface area contributed by atoms with Gasteiger partial charge >= 0.3 is 25.7 Å². The van der Waals surface area contributed by atoms with Gasteiger partial charge in [-0.15, -0.1) is 11.6 Å². The smallest absolute Gasteiger partial charge is 0.315 e. The van der Waals surface area contributed by atoms with Gasteiger partial charge in [-0.3, -0.25) is 19.2 Å². The Morgan fingerprint density at radius 3 is 1.09 bits per heavy atom. The average Bonchev–Trinajstić information content (AvgIpc) is 3.04. The Labute approximate surface area is 512 Å². The number of hydrogen-bond acceptors (Lipinski definition) is 11. The van der Waals surface area contributed by atoms with Crippen molar-refractivity contribution in [3.05, 3.63) is 24.3 Å². The summed E-state index contributed by atoms with van der Waals surface area (Å²) in [5.41, 5.74) is 6.50. The molecular weight excluding hydrogens is 1180 g/mol. The molecule has 0 aromatic rings. The third kappa shape index (κ3) is 95.7. The number of allylic oxidation sites excluding steroid dienone is 1. The number of nitrogens with zero attached hydrogens (tertiary/aromatic N) is 2. The number of rotatable bonds is 26. The molecule has 0 spiro atoms. The fourth-order valence-electron chi connectivity index (χ4n) is 5.86. The summed E-state index contributed by atoms with van der Waals surface area (Å²) in [7, 11) is -1.80. The Kier molecular flexibility index (Phi) is 87.9. The zero-order valence-electron chi connectivity index (χ0n) is 46.4. The predicted octanol–water partition coefficient (Wildman–Crippen LogP) is 13.1. The van der Waals surface area contributed by atoms with Crippen LogP contribution >= 0.6 is 34.8 Å². The fraction of sp³-hybridized carbons (Fsp3) is 0.846. The molecule has 0 saturated heterocycles. The maximum Gasteiger partial charge on any atom is 0.315 e. The van der Waals surface area contributed by atoms with E-state index in [1.165, 1.54) is 0 Å². The highest BCUT2D eigenvalue weighted by atomic mass is 35.5. The van der Waals surface area contributed by atoms with Gasteiger partial charge in [0, 0.05) is 24.2 Å². The van der Waals surface area contributed by atoms with Gasteiger partial charge in [-0.25, -0.2) is 0 Å². The number of halogens is 4. The topological polar surface area (TPSA) is 168 Å². The van der Waals surface area contributed by atoms with Crippen LogP contribution in [0.2, 0.25) is 116 Å². The van der Waals surface area contributed by atoms with Crippen LogP contribution in [0, 0.1) is 0 Å². The van der Waals surface area contributed by atoms with E-state index < -0.39 is 69.4 Å². The molecule has 0 aliphatic carbocycles. The first kappa shape index (κ1) is 120. The van der Waals surface area contributed by atoms with Crippen LogP contribution in [-0.2, 0) is 39.8 Å². The number of nitrogens with two attached hydrogens (primary N) is 1. The van der Waals surface area contributed by atoms with E-state index >= 15 is 0 Å². The summed E-state index contributed by atoms with van der Waals surface area (Å²) in [5.74, 6) is -0.123. The molecule has 77 heavy (non-hydrogen) atoms. The van der Waals surface area contributed by atoms with Crippen LogP contribution < -0.4 is 28.8 Å². The summed E-state index contributed by atoms with van der Waals surface area (Å²) in [5, 5.41) is 4.97. The highest BCUT2D eigenvalue weighted by Gasteiger charge is 2.45. The van der Waals surface area contributed by atoms with Crippen molar-refractivity contribution in [2.45, 2.75) is 224 Å². The monoisotopic (exact) mass is 1310 g/mol. The maximum atomic E-state index is 12.1. The number of nitrogens with one attached hydrogen (secondary N) is 2. The van der Waals surface area contributed by atoms with E-state index in [4.69, 9.17) is 61.1 Å². The minimum atomic E-state index is -2.51. The van der Waals surface area contributed by atoms with Gasteiger partial charge in [0.2, 0.25) is 16.4 Å². The van der Waals surface area contributed by atoms with Gasteiger partial charge < -0.3 is 58.7 Å². The minimum absolute atomic E-state index is 0. The van der Waals surface area contributed by atoms with E-state index in [0.29, 0.717) is 35.3 Å². The summed E-state index contributed by atoms with van der Waals surface area (Å²) in [6.45, 7) is 45.7. The normalized spacial score (nSPS) is 11.3. The van der Waals surface area contributed by atoms with Crippen molar-refractivity contribution in [1.29, 1.82) is 0 Å². The van der Waals surface area contributed by atoms with Crippen LogP contribution in [-0.4, -0.2) is 165 Å². The summed E-state index contributed by atoms with van der Waals surface area (Å²) in [6.07, 6.45) is 2.71. The number of likely N-dealkylation sites (N-methyl/N-ethyl adjacent to an activating group) is 1. The largest absolute Gasteiger partial charge is 1.00 e. The second-order valence-electron chi connectivity index (χ2n) is 22.1. The van der Waals surface area contributed by atoms with E-state index in [9.17, 15) is 19.2 Å². The minimum Gasteiger partial charge on any atom is -1.00 e. The molecule has 0 heterocycles. The summed E-state index contributed by atoms with van der Waals surface area (Å²) < 4.78 is 33.5. The molecule has 14 nitrogen and oxygen atoms in total. The molecule has 2 amide bonds. The number of carbonyl (C=O) groups is 4. The van der Waals surface area contributed by atoms with Gasteiger partial charge in [-0.2, -0.15) is 0 Å². The summed E-state index contributed by atoms with van der Waals surface area (Å²) in [6, 6.07) is 2.78. The number of amides is 2. The lowest BCUT2D eigenvalue weighted by Crippen LogP contribution is -3.00. The first-order valence-corrected chi connectivity index (χ1v) is 45.1. The predicted molar refractivity (Wildman–Crippen MR) is 369 cm³/mol. The standard InChI is InChI=1S/C23H53N3O5Si4.C10H29NO2Si3.C4H5ClO.C3H9N.C2H2Cl2O.10CH4.ClH/c1-21(2)23(28)25-17-15-19-35(13,29-32(6,7)8)31-34(11,12)30-33(9,10)18-14-16-24-22(27)20-26(3,4)5;1-14(2,3)12-16(7,10-8-9-11)13-15(4,5)6;1-3(2)4(5)6;1-4(2)3;3-1-2(4)5;;;;;;;;;;;/h1,14-20H2,2-13H3,(H-,24,25,27,28);8-11H2,1-7H3;1H2,2H3;1-3H3;1H2;10*1H4;1H. The number of carbonyl (C=O) groups excluding carboxylic acids is 4. The molecule has 4 N–H and O–H groups in total. The maximum absolute atomic E-state index is 12.1. The van der Waals surface area contributed by atoms with Crippen molar-refractivity contribution in [1.82, 2.24) is 15.5 Å². The highest BCUT2D eigenvalue weighted by Crippen LogP contribution is 2.29. The van der Waals surface area contributed by atoms with Crippen molar-refractivity contribution in [3.63, 3.8) is 0 Å². The number of hydrogen-bond donors (Lipinski definition) is 3. The lowest BCUT2D eigenvalue weighted by molar-refractivity contribution is -0.862. The lowest BCUT2D eigenvalue weighted by atomic mass is 10.3. The van der Waals surface area contributed by atoms with Gasteiger partial charge in [-0.05, 0) is 200 Å².